The zero-order valence-electron chi connectivity index (χ0n) is 18.8. The molecule has 0 bridgehead atoms. The summed E-state index contributed by atoms with van der Waals surface area (Å²) >= 11 is 0. The van der Waals surface area contributed by atoms with E-state index in [1.807, 2.05) is 0 Å². The van der Waals surface area contributed by atoms with Gasteiger partial charge >= 0.3 is 31.7 Å². The van der Waals surface area contributed by atoms with E-state index in [1.54, 1.807) is 13.8 Å². The Bertz CT molecular complexity index is 714. The molecule has 14 heteroatoms. The second-order valence-corrected chi connectivity index (χ2v) is 8.08. The van der Waals surface area contributed by atoms with Crippen LogP contribution in [0.1, 0.15) is 41.5 Å². The fraction of sp³-hybridized carbons (Fsp3) is 0.778. The molecule has 0 aromatic rings. The molecule has 1 saturated heterocycles. The van der Waals surface area contributed by atoms with Gasteiger partial charge in [-0.1, -0.05) is 0 Å². The number of rotatable bonds is 11. The molecule has 1 heterocycles. The minimum absolute atomic E-state index is 0.0530. The Morgan fingerprint density at radius 3 is 1.66 bits per heavy atom. The molecule has 0 aliphatic carbocycles. The summed E-state index contributed by atoms with van der Waals surface area (Å²) in [4.78, 5) is 46.5. The van der Waals surface area contributed by atoms with Crippen LogP contribution in [0, 0.1) is 0 Å². The number of carbonyl (C=O) groups is 4. The molecule has 0 radical (unpaired) electrons. The van der Waals surface area contributed by atoms with Crippen LogP contribution in [0.2, 0.25) is 0 Å². The van der Waals surface area contributed by atoms with Gasteiger partial charge < -0.3 is 23.7 Å². The molecule has 3 unspecified atom stereocenters. The van der Waals surface area contributed by atoms with Crippen LogP contribution in [0.15, 0.2) is 0 Å². The first kappa shape index (κ1) is 28.0. The standard InChI is InChI=1S/C18H29O13P/c1-7-25-32(23,26-8-2)31-18-17(29-13(6)22)16(28-12(5)21)15(27-11(4)20)14(30-18)9-24-10(3)19/h14-18H,7-9H2,1-6H3/t14?,15-,16?,17?,18+/m1/s1. The molecule has 1 aliphatic rings. The van der Waals surface area contributed by atoms with Crippen LogP contribution in [0.4, 0.5) is 0 Å². The molecule has 0 amide bonds. The zero-order chi connectivity index (χ0) is 24.5. The summed E-state index contributed by atoms with van der Waals surface area (Å²) < 4.78 is 54.8. The van der Waals surface area contributed by atoms with Crippen LogP contribution in [-0.4, -0.2) is 74.4 Å². The minimum Gasteiger partial charge on any atom is -0.463 e. The van der Waals surface area contributed by atoms with E-state index in [9.17, 15) is 23.7 Å². The Balaban J connectivity index is 3.43. The lowest BCUT2D eigenvalue weighted by atomic mass is 9.98. The highest BCUT2D eigenvalue weighted by atomic mass is 31.2. The quantitative estimate of drug-likeness (QED) is 0.234. The fourth-order valence-electron chi connectivity index (χ4n) is 2.82. The van der Waals surface area contributed by atoms with Gasteiger partial charge in [0.2, 0.25) is 6.29 Å². The molecule has 13 nitrogen and oxygen atoms in total. The van der Waals surface area contributed by atoms with Gasteiger partial charge in [0.1, 0.15) is 12.7 Å². The van der Waals surface area contributed by atoms with Gasteiger partial charge in [0.15, 0.2) is 18.3 Å². The first-order valence-corrected chi connectivity index (χ1v) is 11.3. The Morgan fingerprint density at radius 2 is 1.22 bits per heavy atom. The van der Waals surface area contributed by atoms with Crippen molar-refractivity contribution in [1.82, 2.24) is 0 Å². The Kier molecular flexibility index (Phi) is 11.2. The fourth-order valence-corrected chi connectivity index (χ4v) is 4.07. The summed E-state index contributed by atoms with van der Waals surface area (Å²) in [6.07, 6.45) is -7.28. The topological polar surface area (TPSA) is 159 Å². The smallest absolute Gasteiger partial charge is 0.463 e. The predicted molar refractivity (Wildman–Crippen MR) is 104 cm³/mol. The monoisotopic (exact) mass is 484 g/mol. The number of carbonyl (C=O) groups excluding carboxylic acids is 4. The van der Waals surface area contributed by atoms with E-state index in [0.29, 0.717) is 0 Å². The molecular weight excluding hydrogens is 455 g/mol. The molecule has 0 saturated carbocycles. The van der Waals surface area contributed by atoms with E-state index in [1.165, 1.54) is 0 Å². The van der Waals surface area contributed by atoms with E-state index >= 15 is 0 Å². The second kappa shape index (κ2) is 12.9. The number of phosphoric ester groups is 1. The zero-order valence-corrected chi connectivity index (χ0v) is 19.7. The van der Waals surface area contributed by atoms with Gasteiger partial charge in [-0.3, -0.25) is 32.7 Å². The average molecular weight is 484 g/mol. The Morgan fingerprint density at radius 1 is 0.750 bits per heavy atom. The Labute approximate surface area is 185 Å². The van der Waals surface area contributed by atoms with Crippen LogP contribution in [-0.2, 0) is 61.0 Å². The van der Waals surface area contributed by atoms with E-state index in [-0.39, 0.29) is 13.2 Å². The van der Waals surface area contributed by atoms with Gasteiger partial charge in [0.25, 0.3) is 0 Å². The van der Waals surface area contributed by atoms with Crippen molar-refractivity contribution in [3.63, 3.8) is 0 Å². The van der Waals surface area contributed by atoms with E-state index < -0.39 is 69.0 Å². The molecule has 1 aliphatic heterocycles. The lowest BCUT2D eigenvalue weighted by Gasteiger charge is -2.44. The molecule has 1 fully saturated rings. The summed E-state index contributed by atoms with van der Waals surface area (Å²) in [7, 11) is -4.21. The molecule has 5 atom stereocenters. The highest BCUT2D eigenvalue weighted by Gasteiger charge is 2.54. The van der Waals surface area contributed by atoms with E-state index in [0.717, 1.165) is 27.7 Å². The highest BCUT2D eigenvalue weighted by Crippen LogP contribution is 2.52. The van der Waals surface area contributed by atoms with Crippen molar-refractivity contribution in [3.8, 4) is 0 Å². The van der Waals surface area contributed by atoms with Crippen molar-refractivity contribution < 1.29 is 61.0 Å². The second-order valence-electron chi connectivity index (χ2n) is 6.46. The van der Waals surface area contributed by atoms with Gasteiger partial charge in [-0.15, -0.1) is 0 Å². The van der Waals surface area contributed by atoms with Crippen LogP contribution in [0.25, 0.3) is 0 Å². The summed E-state index contributed by atoms with van der Waals surface area (Å²) in [6, 6.07) is 0. The van der Waals surface area contributed by atoms with Crippen LogP contribution in [0.3, 0.4) is 0 Å². The molecule has 0 aromatic carbocycles. The van der Waals surface area contributed by atoms with Gasteiger partial charge in [-0.2, -0.15) is 0 Å². The van der Waals surface area contributed by atoms with Crippen LogP contribution < -0.4 is 0 Å². The van der Waals surface area contributed by atoms with Crippen molar-refractivity contribution in [2.45, 2.75) is 72.2 Å². The average Bonchev–Trinajstić information content (AvgIpc) is 2.64. The Hall–Kier alpha value is -2.05. The number of hydrogen-bond acceptors (Lipinski definition) is 13. The number of phosphoric acid groups is 1. The molecule has 0 aromatic heterocycles. The maximum absolute atomic E-state index is 12.9. The first-order chi connectivity index (χ1) is 14.9. The third-order valence-corrected chi connectivity index (χ3v) is 5.37. The third-order valence-electron chi connectivity index (χ3n) is 3.76. The number of ether oxygens (including phenoxy) is 5. The van der Waals surface area contributed by atoms with E-state index in [4.69, 9.17) is 37.3 Å². The van der Waals surface area contributed by atoms with Gasteiger partial charge in [-0.25, -0.2) is 4.57 Å². The molecule has 0 spiro atoms. The van der Waals surface area contributed by atoms with Crippen molar-refractivity contribution in [2.24, 2.45) is 0 Å². The van der Waals surface area contributed by atoms with Gasteiger partial charge in [-0.05, 0) is 13.8 Å². The summed E-state index contributed by atoms with van der Waals surface area (Å²) in [5.74, 6) is -3.09. The lowest BCUT2D eigenvalue weighted by Crippen LogP contribution is -2.62. The SMILES string of the molecule is CCOP(=O)(OCC)O[C@@H]1OC(COC(C)=O)[C@@H](OC(C)=O)C(OC(C)=O)C1OC(C)=O. The van der Waals surface area contributed by atoms with Crippen LogP contribution in [0.5, 0.6) is 0 Å². The molecule has 1 rings (SSSR count). The number of esters is 4. The minimum atomic E-state index is -4.21. The summed E-state index contributed by atoms with van der Waals surface area (Å²) in [5, 5.41) is 0. The van der Waals surface area contributed by atoms with Gasteiger partial charge in [0, 0.05) is 27.7 Å². The molecule has 0 N–H and O–H groups in total. The summed E-state index contributed by atoms with van der Waals surface area (Å²) in [5.41, 5.74) is 0. The summed E-state index contributed by atoms with van der Waals surface area (Å²) in [6.45, 7) is 6.91. The number of hydrogen-bond donors (Lipinski definition) is 0. The van der Waals surface area contributed by atoms with Crippen LogP contribution >= 0.6 is 7.82 Å². The van der Waals surface area contributed by atoms with Gasteiger partial charge in [0.05, 0.1) is 13.2 Å². The molecular formula is C18H29O13P. The maximum atomic E-state index is 12.9. The largest absolute Gasteiger partial charge is 0.477 e. The highest BCUT2D eigenvalue weighted by molar-refractivity contribution is 7.48. The molecule has 32 heavy (non-hydrogen) atoms. The van der Waals surface area contributed by atoms with E-state index in [2.05, 4.69) is 0 Å². The lowest BCUT2D eigenvalue weighted by molar-refractivity contribution is -0.291. The predicted octanol–water partition coefficient (Wildman–Crippen LogP) is 1.27. The maximum Gasteiger partial charge on any atom is 0.477 e. The molecule has 184 valence electrons. The third kappa shape index (κ3) is 8.83. The van der Waals surface area contributed by atoms with Crippen molar-refractivity contribution in [3.05, 3.63) is 0 Å². The first-order valence-electron chi connectivity index (χ1n) is 9.80. The van der Waals surface area contributed by atoms with Crippen molar-refractivity contribution >= 4 is 31.7 Å². The van der Waals surface area contributed by atoms with Crippen molar-refractivity contribution in [2.75, 3.05) is 19.8 Å². The van der Waals surface area contributed by atoms with Crippen molar-refractivity contribution in [1.29, 1.82) is 0 Å². The normalized spacial score (nSPS) is 25.5.